The molecule has 130 valence electrons. The molecule has 0 saturated carbocycles. The number of anilines is 1. The maximum atomic E-state index is 12.8. The monoisotopic (exact) mass is 341 g/mol. The van der Waals surface area contributed by atoms with Crippen LogP contribution >= 0.6 is 0 Å². The second kappa shape index (κ2) is 6.18. The molecule has 24 heavy (non-hydrogen) atoms. The summed E-state index contributed by atoms with van der Waals surface area (Å²) in [6.45, 7) is 5.44. The first kappa shape index (κ1) is 17.8. The van der Waals surface area contributed by atoms with Gasteiger partial charge in [0.1, 0.15) is 11.4 Å². The van der Waals surface area contributed by atoms with Crippen LogP contribution in [0.1, 0.15) is 47.1 Å². The number of benzene rings is 1. The zero-order valence-electron chi connectivity index (χ0n) is 13.7. The molecule has 0 fully saturated rings. The summed E-state index contributed by atoms with van der Waals surface area (Å²) < 4.78 is 39.0. The lowest BCUT2D eigenvalue weighted by molar-refractivity contribution is -0.143. The van der Waals surface area contributed by atoms with Gasteiger partial charge in [-0.15, -0.1) is 0 Å². The summed E-state index contributed by atoms with van der Waals surface area (Å²) in [7, 11) is 1.13. The van der Waals surface area contributed by atoms with E-state index in [9.17, 15) is 23.1 Å². The van der Waals surface area contributed by atoms with Gasteiger partial charge in [0.15, 0.2) is 5.69 Å². The number of halogens is 3. The molecule has 5 nitrogen and oxygen atoms in total. The molecule has 2 rings (SSSR count). The molecule has 0 aliphatic carbocycles. The number of amides is 1. The predicted octanol–water partition coefficient (Wildman–Crippen LogP) is 3.83. The summed E-state index contributed by atoms with van der Waals surface area (Å²) in [5.74, 6) is -0.616. The van der Waals surface area contributed by atoms with Crippen LogP contribution in [0.15, 0.2) is 18.2 Å². The number of rotatable bonds is 3. The van der Waals surface area contributed by atoms with E-state index in [4.69, 9.17) is 0 Å². The van der Waals surface area contributed by atoms with Gasteiger partial charge in [-0.3, -0.25) is 9.48 Å². The van der Waals surface area contributed by atoms with E-state index in [0.717, 1.165) is 7.05 Å². The fourth-order valence-electron chi connectivity index (χ4n) is 2.34. The number of phenols is 1. The highest BCUT2D eigenvalue weighted by molar-refractivity contribution is 6.03. The molecule has 0 saturated heterocycles. The molecular weight excluding hydrogens is 323 g/mol. The molecule has 2 aromatic rings. The van der Waals surface area contributed by atoms with E-state index in [2.05, 4.69) is 10.4 Å². The van der Waals surface area contributed by atoms with Crippen molar-refractivity contribution in [3.63, 3.8) is 0 Å². The summed E-state index contributed by atoms with van der Waals surface area (Å²) in [5, 5.41) is 16.1. The maximum Gasteiger partial charge on any atom is 0.433 e. The number of hydrogen-bond acceptors (Lipinski definition) is 3. The lowest BCUT2D eigenvalue weighted by Crippen LogP contribution is -2.14. The average molecular weight is 341 g/mol. The minimum atomic E-state index is -4.58. The van der Waals surface area contributed by atoms with Crippen molar-refractivity contribution in [3.05, 3.63) is 40.7 Å². The number of nitrogens with one attached hydrogen (secondary N) is 1. The van der Waals surface area contributed by atoms with Crippen LogP contribution in [0.4, 0.5) is 18.9 Å². The minimum absolute atomic E-state index is 0.0212. The molecule has 0 aliphatic heterocycles. The van der Waals surface area contributed by atoms with Crippen molar-refractivity contribution < 1.29 is 23.1 Å². The number of nitrogens with zero attached hydrogens (tertiary/aromatic N) is 2. The van der Waals surface area contributed by atoms with Gasteiger partial charge in [-0.05, 0) is 36.1 Å². The van der Waals surface area contributed by atoms with Gasteiger partial charge < -0.3 is 10.4 Å². The van der Waals surface area contributed by atoms with E-state index in [1.165, 1.54) is 6.07 Å². The minimum Gasteiger partial charge on any atom is -0.508 e. The summed E-state index contributed by atoms with van der Waals surface area (Å²) in [5.41, 5.74) is 0.312. The van der Waals surface area contributed by atoms with E-state index >= 15 is 0 Å². The SMILES string of the molecule is Cc1cc(O)c(C(C)C)cc1NC(=O)c1cc(C(F)(F)F)n(C)n1. The van der Waals surface area contributed by atoms with Crippen molar-refractivity contribution in [2.24, 2.45) is 7.05 Å². The highest BCUT2D eigenvalue weighted by Gasteiger charge is 2.35. The molecule has 1 heterocycles. The van der Waals surface area contributed by atoms with Crippen LogP contribution in [0.5, 0.6) is 5.75 Å². The normalized spacial score (nSPS) is 11.8. The molecule has 0 spiro atoms. The number of carbonyl (C=O) groups excluding carboxylic acids is 1. The van der Waals surface area contributed by atoms with Crippen LogP contribution in [0.3, 0.4) is 0 Å². The smallest absolute Gasteiger partial charge is 0.433 e. The first-order valence-corrected chi connectivity index (χ1v) is 7.26. The van der Waals surface area contributed by atoms with Crippen LogP contribution in [-0.4, -0.2) is 20.8 Å². The highest BCUT2D eigenvalue weighted by Crippen LogP contribution is 2.32. The van der Waals surface area contributed by atoms with Crippen molar-refractivity contribution in [2.75, 3.05) is 5.32 Å². The predicted molar refractivity (Wildman–Crippen MR) is 83.1 cm³/mol. The number of aromatic hydroxyl groups is 1. The molecule has 1 aromatic carbocycles. The van der Waals surface area contributed by atoms with Gasteiger partial charge in [0.2, 0.25) is 0 Å². The van der Waals surface area contributed by atoms with Crippen LogP contribution in [-0.2, 0) is 13.2 Å². The number of aryl methyl sites for hydroxylation is 2. The number of carbonyl (C=O) groups is 1. The fourth-order valence-corrected chi connectivity index (χ4v) is 2.34. The Balaban J connectivity index is 2.32. The average Bonchev–Trinajstić information content (AvgIpc) is 2.83. The summed E-state index contributed by atoms with van der Waals surface area (Å²) in [4.78, 5) is 12.2. The fraction of sp³-hybridized carbons (Fsp3) is 0.375. The Hall–Kier alpha value is -2.51. The Morgan fingerprint density at radius 3 is 2.42 bits per heavy atom. The van der Waals surface area contributed by atoms with Crippen molar-refractivity contribution >= 4 is 11.6 Å². The third-order valence-electron chi connectivity index (χ3n) is 3.65. The molecule has 0 aliphatic rings. The Bertz CT molecular complexity index is 780. The topological polar surface area (TPSA) is 67.2 Å². The second-order valence-corrected chi connectivity index (χ2v) is 5.87. The maximum absolute atomic E-state index is 12.8. The number of hydrogen-bond donors (Lipinski definition) is 2. The van der Waals surface area contributed by atoms with Crippen LogP contribution in [0.25, 0.3) is 0 Å². The van der Waals surface area contributed by atoms with Gasteiger partial charge in [-0.2, -0.15) is 18.3 Å². The van der Waals surface area contributed by atoms with Gasteiger partial charge in [-0.1, -0.05) is 13.8 Å². The van der Waals surface area contributed by atoms with Gasteiger partial charge in [0.25, 0.3) is 5.91 Å². The molecule has 1 aromatic heterocycles. The van der Waals surface area contributed by atoms with Crippen molar-refractivity contribution in [3.8, 4) is 5.75 Å². The third-order valence-corrected chi connectivity index (χ3v) is 3.65. The first-order valence-electron chi connectivity index (χ1n) is 7.26. The van der Waals surface area contributed by atoms with Crippen molar-refractivity contribution in [1.29, 1.82) is 0 Å². The Morgan fingerprint density at radius 2 is 1.92 bits per heavy atom. The lowest BCUT2D eigenvalue weighted by Gasteiger charge is -2.14. The van der Waals surface area contributed by atoms with Gasteiger partial charge >= 0.3 is 6.18 Å². The van der Waals surface area contributed by atoms with Crippen LogP contribution in [0, 0.1) is 6.92 Å². The number of phenolic OH excluding ortho intramolecular Hbond substituents is 1. The first-order chi connectivity index (χ1) is 11.0. The van der Waals surface area contributed by atoms with E-state index < -0.39 is 17.8 Å². The van der Waals surface area contributed by atoms with E-state index in [0.29, 0.717) is 27.6 Å². The van der Waals surface area contributed by atoms with Crippen LogP contribution in [0.2, 0.25) is 0 Å². The molecule has 0 unspecified atom stereocenters. The van der Waals surface area contributed by atoms with Crippen molar-refractivity contribution in [1.82, 2.24) is 9.78 Å². The van der Waals surface area contributed by atoms with Crippen LogP contribution < -0.4 is 5.32 Å². The van der Waals surface area contributed by atoms with Gasteiger partial charge in [-0.25, -0.2) is 0 Å². The van der Waals surface area contributed by atoms with E-state index in [-0.39, 0.29) is 17.4 Å². The lowest BCUT2D eigenvalue weighted by atomic mass is 9.99. The summed E-state index contributed by atoms with van der Waals surface area (Å²) in [6, 6.07) is 3.82. The Kier molecular flexibility index (Phi) is 4.59. The summed E-state index contributed by atoms with van der Waals surface area (Å²) >= 11 is 0. The van der Waals surface area contributed by atoms with Crippen molar-refractivity contribution in [2.45, 2.75) is 32.9 Å². The van der Waals surface area contributed by atoms with Gasteiger partial charge in [0.05, 0.1) is 0 Å². The highest BCUT2D eigenvalue weighted by atomic mass is 19.4. The van der Waals surface area contributed by atoms with E-state index in [1.807, 2.05) is 13.8 Å². The molecule has 1 amide bonds. The molecule has 0 atom stereocenters. The molecule has 0 bridgehead atoms. The molecule has 2 N–H and O–H groups in total. The third kappa shape index (κ3) is 3.52. The number of alkyl halides is 3. The Morgan fingerprint density at radius 1 is 1.29 bits per heavy atom. The molecular formula is C16H18F3N3O2. The second-order valence-electron chi connectivity index (χ2n) is 5.87. The standard InChI is InChI=1S/C16H18F3N3O2/c1-8(2)10-6-11(9(3)5-13(10)23)20-15(24)12-7-14(16(17,18)19)22(4)21-12/h5-8,23H,1-4H3,(H,20,24). The number of aromatic nitrogens is 2. The zero-order chi connectivity index (χ0) is 18.2. The van der Waals surface area contributed by atoms with E-state index in [1.54, 1.807) is 13.0 Å². The molecule has 0 radical (unpaired) electrons. The quantitative estimate of drug-likeness (QED) is 0.834. The van der Waals surface area contributed by atoms with Gasteiger partial charge in [0, 0.05) is 18.8 Å². The Labute approximate surface area is 137 Å². The zero-order valence-corrected chi connectivity index (χ0v) is 13.7. The molecule has 8 heteroatoms. The largest absolute Gasteiger partial charge is 0.508 e. The summed E-state index contributed by atoms with van der Waals surface area (Å²) in [6.07, 6.45) is -4.58.